The summed E-state index contributed by atoms with van der Waals surface area (Å²) >= 11 is 0. The van der Waals surface area contributed by atoms with Gasteiger partial charge in [-0.25, -0.2) is 4.39 Å². The van der Waals surface area contributed by atoms with Crippen LogP contribution in [-0.2, 0) is 6.54 Å². The molecule has 7 nitrogen and oxygen atoms in total. The Bertz CT molecular complexity index is 1300. The number of benzene rings is 2. The molecule has 0 bridgehead atoms. The predicted octanol–water partition coefficient (Wildman–Crippen LogP) is 3.06. The standard InChI is InChI=1S/C27H29FN6O/c1-17-11-33(25-7-5-18(10-29)27-22(25)3-2-8-31-27)13-21-16-35-26-9-20(6-4-19(26)12-34(17)21)32-14-23(28)24(30)15-32/h2-9,17,21,23-24H,11-16,30H2,1H3/t17-,21-,23-,24+/m0/s1. The van der Waals surface area contributed by atoms with Crippen molar-refractivity contribution in [3.05, 3.63) is 59.8 Å². The zero-order valence-electron chi connectivity index (χ0n) is 19.8. The second-order valence-electron chi connectivity index (χ2n) is 9.91. The van der Waals surface area contributed by atoms with Crippen LogP contribution in [0, 0.1) is 11.3 Å². The lowest BCUT2D eigenvalue weighted by Gasteiger charge is -2.45. The Morgan fingerprint density at radius 1 is 1.11 bits per heavy atom. The minimum absolute atomic E-state index is 0.215. The quantitative estimate of drug-likeness (QED) is 0.614. The molecule has 0 saturated carbocycles. The minimum atomic E-state index is -0.996. The predicted molar refractivity (Wildman–Crippen MR) is 134 cm³/mol. The van der Waals surface area contributed by atoms with E-state index in [9.17, 15) is 9.65 Å². The number of nitrogens with two attached hydrogens (primary N) is 1. The maximum atomic E-state index is 14.0. The van der Waals surface area contributed by atoms with E-state index in [0.29, 0.717) is 31.3 Å². The van der Waals surface area contributed by atoms with E-state index in [1.54, 1.807) is 6.20 Å². The zero-order chi connectivity index (χ0) is 24.1. The van der Waals surface area contributed by atoms with Crippen molar-refractivity contribution in [1.82, 2.24) is 9.88 Å². The third-order valence-electron chi connectivity index (χ3n) is 7.65. The number of piperazine rings is 1. The summed E-state index contributed by atoms with van der Waals surface area (Å²) in [6.07, 6.45) is 0.742. The van der Waals surface area contributed by atoms with Gasteiger partial charge in [0, 0.05) is 66.8 Å². The maximum absolute atomic E-state index is 14.0. The van der Waals surface area contributed by atoms with Crippen molar-refractivity contribution in [2.24, 2.45) is 5.73 Å². The summed E-state index contributed by atoms with van der Waals surface area (Å²) in [4.78, 5) is 11.4. The Labute approximate surface area is 204 Å². The van der Waals surface area contributed by atoms with E-state index < -0.39 is 12.2 Å². The van der Waals surface area contributed by atoms with Crippen molar-refractivity contribution in [2.75, 3.05) is 42.6 Å². The van der Waals surface area contributed by atoms with Gasteiger partial charge in [0.15, 0.2) is 0 Å². The topological polar surface area (TPSA) is 81.7 Å². The number of ether oxygens (including phenoxy) is 1. The summed E-state index contributed by atoms with van der Waals surface area (Å²) in [5, 5.41) is 10.5. The van der Waals surface area contributed by atoms with Gasteiger partial charge in [0.05, 0.1) is 29.7 Å². The average Bonchev–Trinajstić information content (AvgIpc) is 3.10. The van der Waals surface area contributed by atoms with Gasteiger partial charge < -0.3 is 20.3 Å². The molecule has 3 aliphatic rings. The van der Waals surface area contributed by atoms with E-state index in [2.05, 4.69) is 39.9 Å². The van der Waals surface area contributed by atoms with Crippen LogP contribution in [0.5, 0.6) is 5.75 Å². The van der Waals surface area contributed by atoms with Gasteiger partial charge in [-0.15, -0.1) is 0 Å². The molecule has 2 saturated heterocycles. The number of alkyl halides is 1. The Kier molecular flexibility index (Phi) is 5.47. The first-order valence-corrected chi connectivity index (χ1v) is 12.2. The summed E-state index contributed by atoms with van der Waals surface area (Å²) in [6.45, 7) is 6.21. The molecule has 2 fully saturated rings. The van der Waals surface area contributed by atoms with Gasteiger partial charge in [-0.1, -0.05) is 6.07 Å². The van der Waals surface area contributed by atoms with E-state index in [-0.39, 0.29) is 6.04 Å². The van der Waals surface area contributed by atoms with Crippen molar-refractivity contribution in [1.29, 1.82) is 5.26 Å². The molecule has 0 amide bonds. The molecule has 180 valence electrons. The van der Waals surface area contributed by atoms with Crippen LogP contribution in [0.4, 0.5) is 15.8 Å². The molecule has 2 N–H and O–H groups in total. The van der Waals surface area contributed by atoms with Crippen LogP contribution in [0.15, 0.2) is 48.7 Å². The fourth-order valence-corrected chi connectivity index (χ4v) is 5.76. The highest BCUT2D eigenvalue weighted by molar-refractivity contribution is 5.95. The van der Waals surface area contributed by atoms with Gasteiger partial charge in [0.25, 0.3) is 0 Å². The fraction of sp³-hybridized carbons (Fsp3) is 0.407. The van der Waals surface area contributed by atoms with Gasteiger partial charge in [-0.05, 0) is 37.3 Å². The molecule has 0 aliphatic carbocycles. The smallest absolute Gasteiger partial charge is 0.134 e. The average molecular weight is 473 g/mol. The third-order valence-corrected chi connectivity index (χ3v) is 7.65. The molecule has 35 heavy (non-hydrogen) atoms. The van der Waals surface area contributed by atoms with E-state index in [4.69, 9.17) is 10.5 Å². The number of halogens is 1. The fourth-order valence-electron chi connectivity index (χ4n) is 5.76. The van der Waals surface area contributed by atoms with Crippen LogP contribution in [0.3, 0.4) is 0 Å². The summed E-state index contributed by atoms with van der Waals surface area (Å²) in [7, 11) is 0. The van der Waals surface area contributed by atoms with Crippen LogP contribution in [-0.4, -0.2) is 67.0 Å². The number of hydrogen-bond donors (Lipinski definition) is 1. The lowest BCUT2D eigenvalue weighted by Crippen LogP contribution is -2.58. The van der Waals surface area contributed by atoms with Gasteiger partial charge in [-0.2, -0.15) is 5.26 Å². The number of hydrogen-bond acceptors (Lipinski definition) is 7. The van der Waals surface area contributed by atoms with Crippen molar-refractivity contribution in [2.45, 2.75) is 37.8 Å². The van der Waals surface area contributed by atoms with Gasteiger partial charge in [0.1, 0.15) is 24.6 Å². The summed E-state index contributed by atoms with van der Waals surface area (Å²) in [5.41, 5.74) is 10.5. The van der Waals surface area contributed by atoms with Crippen molar-refractivity contribution in [3.8, 4) is 11.8 Å². The molecule has 3 aromatic rings. The summed E-state index contributed by atoms with van der Waals surface area (Å²) in [6, 6.07) is 16.4. The second kappa shape index (κ2) is 8.67. The van der Waals surface area contributed by atoms with E-state index in [0.717, 1.165) is 53.2 Å². The number of rotatable bonds is 2. The molecule has 8 heteroatoms. The van der Waals surface area contributed by atoms with E-state index >= 15 is 0 Å². The van der Waals surface area contributed by atoms with E-state index in [1.165, 1.54) is 0 Å². The highest BCUT2D eigenvalue weighted by Gasteiger charge is 2.36. The lowest BCUT2D eigenvalue weighted by molar-refractivity contribution is 0.0892. The normalized spacial score (nSPS) is 26.6. The first kappa shape index (κ1) is 22.1. The van der Waals surface area contributed by atoms with Gasteiger partial charge in [0.2, 0.25) is 0 Å². The molecule has 3 aliphatic heterocycles. The largest absolute Gasteiger partial charge is 0.491 e. The number of aromatic nitrogens is 1. The summed E-state index contributed by atoms with van der Waals surface area (Å²) < 4.78 is 20.3. The van der Waals surface area contributed by atoms with Gasteiger partial charge >= 0.3 is 0 Å². The maximum Gasteiger partial charge on any atom is 0.134 e. The number of anilines is 2. The van der Waals surface area contributed by atoms with Crippen LogP contribution < -0.4 is 20.3 Å². The Hall–Kier alpha value is -3.41. The molecule has 1 aromatic heterocycles. The van der Waals surface area contributed by atoms with Crippen LogP contribution in [0.1, 0.15) is 18.1 Å². The minimum Gasteiger partial charge on any atom is -0.491 e. The number of nitriles is 1. The second-order valence-corrected chi connectivity index (χ2v) is 9.91. The molecule has 0 spiro atoms. The monoisotopic (exact) mass is 472 g/mol. The Morgan fingerprint density at radius 2 is 2.00 bits per heavy atom. The van der Waals surface area contributed by atoms with Crippen molar-refractivity contribution in [3.63, 3.8) is 0 Å². The molecule has 0 unspecified atom stereocenters. The molecular weight excluding hydrogens is 443 g/mol. The highest BCUT2D eigenvalue weighted by atomic mass is 19.1. The van der Waals surface area contributed by atoms with Crippen LogP contribution >= 0.6 is 0 Å². The highest BCUT2D eigenvalue weighted by Crippen LogP contribution is 2.36. The van der Waals surface area contributed by atoms with Gasteiger partial charge in [-0.3, -0.25) is 9.88 Å². The molecule has 4 heterocycles. The molecule has 2 aromatic carbocycles. The van der Waals surface area contributed by atoms with Crippen molar-refractivity contribution < 1.29 is 9.13 Å². The van der Waals surface area contributed by atoms with Crippen LogP contribution in [0.2, 0.25) is 0 Å². The SMILES string of the molecule is C[C@H]1CN(c2ccc(C#N)c3ncccc23)C[C@H]2COc3cc(N4C[C@@H](N)[C@@H](F)C4)ccc3CN21. The molecule has 4 atom stereocenters. The van der Waals surface area contributed by atoms with E-state index in [1.807, 2.05) is 35.2 Å². The number of fused-ring (bicyclic) bond motifs is 3. The zero-order valence-corrected chi connectivity index (χ0v) is 19.8. The summed E-state index contributed by atoms with van der Waals surface area (Å²) in [5.74, 6) is 0.875. The lowest BCUT2D eigenvalue weighted by atomic mass is 10.0. The first-order valence-electron chi connectivity index (χ1n) is 12.2. The van der Waals surface area contributed by atoms with Crippen LogP contribution in [0.25, 0.3) is 10.9 Å². The first-order chi connectivity index (χ1) is 17.0. The number of nitrogens with zero attached hydrogens (tertiary/aromatic N) is 5. The number of pyridine rings is 1. The molecule has 0 radical (unpaired) electrons. The molecule has 6 rings (SSSR count). The molecular formula is C27H29FN6O. The third kappa shape index (κ3) is 3.85. The Balaban J connectivity index is 1.26. The van der Waals surface area contributed by atoms with Crippen molar-refractivity contribution >= 4 is 22.3 Å². The Morgan fingerprint density at radius 3 is 2.80 bits per heavy atom.